The first-order valence-electron chi connectivity index (χ1n) is 9.51. The second-order valence-electron chi connectivity index (χ2n) is 8.40. The minimum absolute atomic E-state index is 0.0535. The van der Waals surface area contributed by atoms with E-state index in [4.69, 9.17) is 19.9 Å². The van der Waals surface area contributed by atoms with Crippen molar-refractivity contribution in [2.45, 2.75) is 46.2 Å². The molecule has 28 heavy (non-hydrogen) atoms. The fraction of sp³-hybridized carbons (Fsp3) is 0.650. The number of nitrogens with zero attached hydrogens (tertiary/aromatic N) is 1. The number of rotatable bonds is 4. The molecule has 1 aromatic rings. The first-order chi connectivity index (χ1) is 13.1. The van der Waals surface area contributed by atoms with E-state index in [1.807, 2.05) is 27.7 Å². The Morgan fingerprint density at radius 2 is 1.75 bits per heavy atom. The van der Waals surface area contributed by atoms with Gasteiger partial charge in [-0.15, -0.1) is 0 Å². The number of anilines is 1. The minimum atomic E-state index is -1.20. The molecule has 2 heterocycles. The number of Topliss-reactive ketones (excluding diaryl/α,β-unsaturated/α-hetero) is 1. The summed E-state index contributed by atoms with van der Waals surface area (Å²) in [5.74, 6) is -2.96. The molecule has 156 valence electrons. The van der Waals surface area contributed by atoms with Crippen molar-refractivity contribution in [3.05, 3.63) is 28.8 Å². The lowest BCUT2D eigenvalue weighted by molar-refractivity contribution is -0.226. The summed E-state index contributed by atoms with van der Waals surface area (Å²) >= 11 is 0. The fourth-order valence-electron chi connectivity index (χ4n) is 3.68. The molecule has 0 bridgehead atoms. The topological polar surface area (TPSA) is 74.0 Å². The lowest BCUT2D eigenvalue weighted by atomic mass is 9.94. The van der Waals surface area contributed by atoms with Gasteiger partial charge in [-0.25, -0.2) is 8.78 Å². The molecule has 2 atom stereocenters. The van der Waals surface area contributed by atoms with E-state index >= 15 is 4.39 Å². The van der Waals surface area contributed by atoms with E-state index in [-0.39, 0.29) is 28.9 Å². The number of carbonyl (C=O) groups excluding carboxylic acids is 1. The molecule has 8 heteroatoms. The van der Waals surface area contributed by atoms with Gasteiger partial charge in [0.25, 0.3) is 0 Å². The Morgan fingerprint density at radius 1 is 1.18 bits per heavy atom. The van der Waals surface area contributed by atoms with Crippen LogP contribution in [0.3, 0.4) is 0 Å². The molecule has 3 rings (SSSR count). The third-order valence-corrected chi connectivity index (χ3v) is 4.94. The molecule has 2 saturated heterocycles. The molecule has 2 N–H and O–H groups in total. The summed E-state index contributed by atoms with van der Waals surface area (Å²) in [5, 5.41) is 0. The van der Waals surface area contributed by atoms with Crippen LogP contribution < -0.4 is 10.6 Å². The van der Waals surface area contributed by atoms with Crippen molar-refractivity contribution >= 4 is 11.5 Å². The number of ether oxygens (including phenoxy) is 3. The van der Waals surface area contributed by atoms with Gasteiger partial charge in [-0.2, -0.15) is 0 Å². The monoisotopic (exact) mass is 398 g/mol. The summed E-state index contributed by atoms with van der Waals surface area (Å²) in [5.41, 5.74) is 5.16. The van der Waals surface area contributed by atoms with Crippen LogP contribution in [0.1, 0.15) is 49.9 Å². The van der Waals surface area contributed by atoms with Crippen LogP contribution in [0.2, 0.25) is 0 Å². The van der Waals surface area contributed by atoms with Gasteiger partial charge in [0.15, 0.2) is 23.7 Å². The summed E-state index contributed by atoms with van der Waals surface area (Å²) < 4.78 is 47.3. The van der Waals surface area contributed by atoms with Crippen LogP contribution >= 0.6 is 0 Å². The maximum absolute atomic E-state index is 15.2. The Kier molecular flexibility index (Phi) is 6.05. The average molecular weight is 398 g/mol. The largest absolute Gasteiger partial charge is 0.372 e. The first-order valence-corrected chi connectivity index (χ1v) is 9.51. The normalized spacial score (nSPS) is 25.8. The zero-order valence-electron chi connectivity index (χ0n) is 16.8. The Morgan fingerprint density at radius 3 is 2.29 bits per heavy atom. The Labute approximate surface area is 163 Å². The van der Waals surface area contributed by atoms with Crippen LogP contribution in [-0.4, -0.2) is 50.8 Å². The average Bonchev–Trinajstić information content (AvgIpc) is 2.62. The van der Waals surface area contributed by atoms with Crippen molar-refractivity contribution in [2.24, 2.45) is 11.1 Å². The van der Waals surface area contributed by atoms with Crippen LogP contribution in [0.5, 0.6) is 0 Å². The lowest BCUT2D eigenvalue weighted by Crippen LogP contribution is -2.46. The van der Waals surface area contributed by atoms with Gasteiger partial charge in [-0.1, -0.05) is 13.8 Å². The highest BCUT2D eigenvalue weighted by molar-refractivity contribution is 5.98. The van der Waals surface area contributed by atoms with Crippen LogP contribution in [0.4, 0.5) is 14.5 Å². The zero-order chi connectivity index (χ0) is 20.6. The van der Waals surface area contributed by atoms with Crippen molar-refractivity contribution < 1.29 is 27.8 Å². The van der Waals surface area contributed by atoms with Crippen LogP contribution in [0, 0.1) is 17.0 Å². The predicted molar refractivity (Wildman–Crippen MR) is 100 cm³/mol. The molecule has 2 aliphatic rings. The SMILES string of the molecule is CC1CN(c2c(C3OCC(C)(C)CO3)cc(C(=O)CN)c(F)c2F)CC(C)O1. The summed E-state index contributed by atoms with van der Waals surface area (Å²) in [6.45, 7) is 8.87. The molecule has 0 amide bonds. The van der Waals surface area contributed by atoms with E-state index in [9.17, 15) is 9.18 Å². The highest BCUT2D eigenvalue weighted by Gasteiger charge is 2.36. The Hall–Kier alpha value is -1.61. The summed E-state index contributed by atoms with van der Waals surface area (Å²) in [7, 11) is 0. The molecule has 6 nitrogen and oxygen atoms in total. The standard InChI is InChI=1S/C20H28F2N2O4/c1-11-7-24(8-12(2)28-11)18-14(19-26-9-20(3,4)10-27-19)5-13(15(25)6-23)16(21)17(18)22/h5,11-12,19H,6-10,23H2,1-4H3. The van der Waals surface area contributed by atoms with Gasteiger partial charge in [0.05, 0.1) is 43.2 Å². The molecule has 2 unspecified atom stereocenters. The molecule has 0 aromatic heterocycles. The van der Waals surface area contributed by atoms with E-state index in [0.29, 0.717) is 31.9 Å². The molecule has 0 saturated carbocycles. The first kappa shape index (κ1) is 21.1. The molecule has 2 fully saturated rings. The van der Waals surface area contributed by atoms with E-state index in [1.54, 1.807) is 4.90 Å². The summed E-state index contributed by atoms with van der Waals surface area (Å²) in [6, 6.07) is 1.32. The van der Waals surface area contributed by atoms with E-state index in [1.165, 1.54) is 6.07 Å². The van der Waals surface area contributed by atoms with E-state index in [0.717, 1.165) is 0 Å². The number of hydrogen-bond donors (Lipinski definition) is 1. The minimum Gasteiger partial charge on any atom is -0.372 e. The maximum atomic E-state index is 15.2. The molecular weight excluding hydrogens is 370 g/mol. The van der Waals surface area contributed by atoms with Crippen molar-refractivity contribution in [3.8, 4) is 0 Å². The van der Waals surface area contributed by atoms with E-state index in [2.05, 4.69) is 0 Å². The Balaban J connectivity index is 2.08. The number of carbonyl (C=O) groups is 1. The van der Waals surface area contributed by atoms with Crippen LogP contribution in [0.25, 0.3) is 0 Å². The number of benzene rings is 1. The molecule has 0 radical (unpaired) electrons. The van der Waals surface area contributed by atoms with Gasteiger partial charge in [-0.05, 0) is 19.9 Å². The molecular formula is C20H28F2N2O4. The van der Waals surface area contributed by atoms with E-state index < -0.39 is 30.3 Å². The zero-order valence-corrected chi connectivity index (χ0v) is 16.8. The molecule has 0 aliphatic carbocycles. The molecule has 1 aromatic carbocycles. The van der Waals surface area contributed by atoms with Gasteiger partial charge in [0, 0.05) is 24.1 Å². The molecule has 2 aliphatic heterocycles. The fourth-order valence-corrected chi connectivity index (χ4v) is 3.68. The van der Waals surface area contributed by atoms with Crippen molar-refractivity contribution in [3.63, 3.8) is 0 Å². The predicted octanol–water partition coefficient (Wildman–Crippen LogP) is 2.79. The quantitative estimate of drug-likeness (QED) is 0.787. The smallest absolute Gasteiger partial charge is 0.185 e. The van der Waals surface area contributed by atoms with Crippen LogP contribution in [-0.2, 0) is 14.2 Å². The number of halogens is 2. The van der Waals surface area contributed by atoms with Crippen molar-refractivity contribution in [2.75, 3.05) is 37.7 Å². The van der Waals surface area contributed by atoms with Crippen molar-refractivity contribution in [1.82, 2.24) is 0 Å². The summed E-state index contributed by atoms with van der Waals surface area (Å²) in [6.07, 6.45) is -1.20. The van der Waals surface area contributed by atoms with Gasteiger partial charge in [-0.3, -0.25) is 4.79 Å². The second-order valence-corrected chi connectivity index (χ2v) is 8.40. The maximum Gasteiger partial charge on any atom is 0.185 e. The van der Waals surface area contributed by atoms with Gasteiger partial charge in [0.2, 0.25) is 0 Å². The van der Waals surface area contributed by atoms with Gasteiger partial charge < -0.3 is 24.8 Å². The number of morpholine rings is 1. The third-order valence-electron chi connectivity index (χ3n) is 4.94. The number of hydrogen-bond acceptors (Lipinski definition) is 6. The van der Waals surface area contributed by atoms with Gasteiger partial charge >= 0.3 is 0 Å². The van der Waals surface area contributed by atoms with Crippen LogP contribution in [0.15, 0.2) is 6.07 Å². The highest BCUT2D eigenvalue weighted by atomic mass is 19.2. The summed E-state index contributed by atoms with van der Waals surface area (Å²) in [4.78, 5) is 13.8. The molecule has 0 spiro atoms. The number of ketones is 1. The third kappa shape index (κ3) is 4.20. The lowest BCUT2D eigenvalue weighted by Gasteiger charge is -2.40. The Bertz CT molecular complexity index is 736. The second kappa shape index (κ2) is 8.02. The van der Waals surface area contributed by atoms with Gasteiger partial charge in [0.1, 0.15) is 0 Å². The highest BCUT2D eigenvalue weighted by Crippen LogP contribution is 2.40. The van der Waals surface area contributed by atoms with Crippen molar-refractivity contribution in [1.29, 1.82) is 0 Å². The number of nitrogens with two attached hydrogens (primary N) is 1.